The summed E-state index contributed by atoms with van der Waals surface area (Å²) in [5.74, 6) is 0. The Hall–Kier alpha value is -4.35. The molecule has 2 amide bonds. The number of carbonyl (C=O) groups excluding carboxylic acids is 2. The van der Waals surface area contributed by atoms with E-state index < -0.39 is 42.2 Å². The molecule has 4 aromatic rings. The van der Waals surface area contributed by atoms with Crippen molar-refractivity contribution < 1.29 is 35.9 Å². The lowest BCUT2D eigenvalue weighted by atomic mass is 10.1. The van der Waals surface area contributed by atoms with E-state index in [4.69, 9.17) is 9.47 Å². The van der Waals surface area contributed by atoms with Crippen LogP contribution in [0.2, 0.25) is 0 Å². The molecule has 0 radical (unpaired) electrons. The predicted molar refractivity (Wildman–Crippen MR) is 261 cm³/mol. The molecule has 0 unspecified atom stereocenters. The van der Waals surface area contributed by atoms with Crippen LogP contribution in [0.4, 0.5) is 21.0 Å². The second-order valence-corrected chi connectivity index (χ2v) is 23.5. The predicted octanol–water partition coefficient (Wildman–Crippen LogP) is 7.27. The average Bonchev–Trinajstić information content (AvgIpc) is 3.28. The van der Waals surface area contributed by atoms with Gasteiger partial charge in [-0.15, -0.1) is 12.4 Å². The number of hydrogen-bond acceptors (Lipinski definition) is 12. The zero-order valence-corrected chi connectivity index (χ0v) is 41.1. The Morgan fingerprint density at radius 3 is 1.29 bits per heavy atom. The van der Waals surface area contributed by atoms with Gasteiger partial charge < -0.3 is 39.7 Å². The standard InChI is InChI=1S/C29H41N3O6S.C19H25N3O2S.ClH/c1-28(2,3)37-26(33)31-15-13-21(14-16-31)39(35,36)25-12-11-24(22-9-7-8-10-23(22)25)30-17-19-32(20-18-30)27(34)38-29(4,5)6;23-25(24,15-7-9-20-10-8-15)19-6-5-18(22-13-11-21-12-14-22)16-3-1-2-4-17(16)19;/h7-12,21H,13-20H2,1-6H3;1-6,15,20-21H,7-14H2;1H. The van der Waals surface area contributed by atoms with Gasteiger partial charge in [0.25, 0.3) is 0 Å². The maximum Gasteiger partial charge on any atom is 0.410 e. The number of halogens is 1. The normalized spacial score (nSPS) is 18.4. The minimum absolute atomic E-state index is 0. The van der Waals surface area contributed by atoms with Crippen LogP contribution in [0.25, 0.3) is 21.5 Å². The first-order valence-electron chi connectivity index (χ1n) is 22.7. The van der Waals surface area contributed by atoms with E-state index in [0.717, 1.165) is 66.8 Å². The summed E-state index contributed by atoms with van der Waals surface area (Å²) >= 11 is 0. The highest BCUT2D eigenvalue weighted by atomic mass is 35.5. The zero-order valence-electron chi connectivity index (χ0n) is 38.7. The fourth-order valence-electron chi connectivity index (χ4n) is 9.06. The molecule has 8 rings (SSSR count). The van der Waals surface area contributed by atoms with Crippen LogP contribution in [-0.4, -0.2) is 139 Å². The number of likely N-dealkylation sites (tertiary alicyclic amines) is 1. The van der Waals surface area contributed by atoms with Gasteiger partial charge in [-0.3, -0.25) is 0 Å². The molecule has 0 atom stereocenters. The summed E-state index contributed by atoms with van der Waals surface area (Å²) in [6.45, 7) is 19.4. The van der Waals surface area contributed by atoms with Gasteiger partial charge in [0.15, 0.2) is 19.7 Å². The van der Waals surface area contributed by atoms with E-state index >= 15 is 0 Å². The number of benzene rings is 4. The van der Waals surface area contributed by atoms with Gasteiger partial charge in [0, 0.05) is 98.4 Å². The third-order valence-corrected chi connectivity index (χ3v) is 17.0. The van der Waals surface area contributed by atoms with E-state index in [0.29, 0.717) is 80.1 Å². The zero-order chi connectivity index (χ0) is 45.9. The molecular formula is C48H67ClN6O8S2. The quantitative estimate of drug-likeness (QED) is 0.200. The monoisotopic (exact) mass is 954 g/mol. The van der Waals surface area contributed by atoms with Gasteiger partial charge >= 0.3 is 12.2 Å². The van der Waals surface area contributed by atoms with Crippen LogP contribution in [0.5, 0.6) is 0 Å². The number of hydrogen-bond donors (Lipinski definition) is 2. The molecular weight excluding hydrogens is 888 g/mol. The third kappa shape index (κ3) is 11.8. The van der Waals surface area contributed by atoms with Crippen LogP contribution in [0, 0.1) is 0 Å². The van der Waals surface area contributed by atoms with Crippen LogP contribution in [0.3, 0.4) is 0 Å². The number of fused-ring (bicyclic) bond motifs is 2. The summed E-state index contributed by atoms with van der Waals surface area (Å²) in [4.78, 5) is 33.6. The van der Waals surface area contributed by atoms with Crippen molar-refractivity contribution in [2.24, 2.45) is 0 Å². The molecule has 2 N–H and O–H groups in total. The molecule has 4 aliphatic heterocycles. The molecule has 4 heterocycles. The fourth-order valence-corrected chi connectivity index (χ4v) is 13.0. The van der Waals surface area contributed by atoms with Crippen molar-refractivity contribution in [1.82, 2.24) is 20.4 Å². The Labute approximate surface area is 391 Å². The van der Waals surface area contributed by atoms with Gasteiger partial charge in [0.1, 0.15) is 11.2 Å². The lowest BCUT2D eigenvalue weighted by molar-refractivity contribution is 0.0213. The van der Waals surface area contributed by atoms with Crippen molar-refractivity contribution in [1.29, 1.82) is 0 Å². The van der Waals surface area contributed by atoms with E-state index in [1.807, 2.05) is 108 Å². The number of sulfone groups is 2. The number of amides is 2. The summed E-state index contributed by atoms with van der Waals surface area (Å²) in [5, 5.41) is 9.24. The van der Waals surface area contributed by atoms with Crippen LogP contribution >= 0.6 is 12.4 Å². The molecule has 0 spiro atoms. The Morgan fingerprint density at radius 2 is 0.862 bits per heavy atom. The molecule has 0 aromatic heterocycles. The van der Waals surface area contributed by atoms with Gasteiger partial charge in [-0.25, -0.2) is 26.4 Å². The highest BCUT2D eigenvalue weighted by molar-refractivity contribution is 7.92. The lowest BCUT2D eigenvalue weighted by Gasteiger charge is -2.37. The minimum Gasteiger partial charge on any atom is -0.444 e. The van der Waals surface area contributed by atoms with Crippen molar-refractivity contribution in [2.45, 2.75) is 98.7 Å². The van der Waals surface area contributed by atoms with Crippen molar-refractivity contribution in [3.05, 3.63) is 72.8 Å². The Morgan fingerprint density at radius 1 is 0.492 bits per heavy atom. The maximum atomic E-state index is 13.8. The molecule has 4 saturated heterocycles. The Balaban J connectivity index is 0.000000232. The van der Waals surface area contributed by atoms with Crippen LogP contribution in [0.15, 0.2) is 82.6 Å². The molecule has 14 nitrogen and oxygen atoms in total. The first-order valence-corrected chi connectivity index (χ1v) is 25.8. The van der Waals surface area contributed by atoms with Gasteiger partial charge in [-0.2, -0.15) is 0 Å². The first-order chi connectivity index (χ1) is 30.3. The van der Waals surface area contributed by atoms with Crippen molar-refractivity contribution in [2.75, 3.05) is 88.3 Å². The first kappa shape index (κ1) is 50.1. The molecule has 4 aliphatic rings. The van der Waals surface area contributed by atoms with E-state index in [1.165, 1.54) is 0 Å². The van der Waals surface area contributed by atoms with Gasteiger partial charge in [-0.05, 0) is 105 Å². The third-order valence-electron chi connectivity index (χ3n) is 12.3. The number of rotatable bonds is 6. The summed E-state index contributed by atoms with van der Waals surface area (Å²) in [6.07, 6.45) is 1.40. The highest BCUT2D eigenvalue weighted by Gasteiger charge is 2.36. The number of piperazine rings is 2. The Kier molecular flexibility index (Phi) is 15.9. The van der Waals surface area contributed by atoms with Gasteiger partial charge in [0.2, 0.25) is 0 Å². The molecule has 65 heavy (non-hydrogen) atoms. The smallest absolute Gasteiger partial charge is 0.410 e. The summed E-state index contributed by atoms with van der Waals surface area (Å²) in [6, 6.07) is 23.0. The number of carbonyl (C=O) groups is 2. The van der Waals surface area contributed by atoms with Crippen molar-refractivity contribution >= 4 is 77.2 Å². The molecule has 4 fully saturated rings. The molecule has 0 bridgehead atoms. The van der Waals surface area contributed by atoms with E-state index in [2.05, 4.69) is 20.4 Å². The molecule has 0 aliphatic carbocycles. The minimum atomic E-state index is -3.62. The van der Waals surface area contributed by atoms with E-state index in [-0.39, 0.29) is 23.8 Å². The Bertz CT molecular complexity index is 2520. The van der Waals surface area contributed by atoms with Crippen LogP contribution in [0.1, 0.15) is 67.2 Å². The summed E-state index contributed by atoms with van der Waals surface area (Å²) in [7, 11) is -6.93. The van der Waals surface area contributed by atoms with Crippen LogP contribution in [-0.2, 0) is 29.1 Å². The second-order valence-electron chi connectivity index (χ2n) is 19.2. The van der Waals surface area contributed by atoms with Crippen molar-refractivity contribution in [3.8, 4) is 0 Å². The summed E-state index contributed by atoms with van der Waals surface area (Å²) in [5.41, 5.74) is 0.954. The molecule has 356 valence electrons. The number of nitrogens with zero attached hydrogens (tertiary/aromatic N) is 4. The lowest BCUT2D eigenvalue weighted by Crippen LogP contribution is -2.50. The van der Waals surface area contributed by atoms with Crippen molar-refractivity contribution in [3.63, 3.8) is 0 Å². The average molecular weight is 956 g/mol. The number of anilines is 2. The highest BCUT2D eigenvalue weighted by Crippen LogP contribution is 2.37. The number of piperidine rings is 2. The van der Waals surface area contributed by atoms with E-state index in [1.54, 1.807) is 15.9 Å². The van der Waals surface area contributed by atoms with E-state index in [9.17, 15) is 26.4 Å². The number of ether oxygens (including phenoxy) is 2. The van der Waals surface area contributed by atoms with Gasteiger partial charge in [0.05, 0.1) is 20.3 Å². The number of nitrogens with one attached hydrogen (secondary N) is 2. The van der Waals surface area contributed by atoms with Crippen LogP contribution < -0.4 is 20.4 Å². The molecule has 0 saturated carbocycles. The summed E-state index contributed by atoms with van der Waals surface area (Å²) < 4.78 is 65.1. The maximum absolute atomic E-state index is 13.8. The fraction of sp³-hybridized carbons (Fsp3) is 0.542. The topological polar surface area (TPSA) is 158 Å². The molecule has 17 heteroatoms. The largest absolute Gasteiger partial charge is 0.444 e. The SMILES string of the molecule is CC(C)(C)OC(=O)N1CCC(S(=O)(=O)c2ccc(N3CCN(C(=O)OC(C)(C)C)CC3)c3ccccc23)CC1.Cl.O=S(=O)(c1ccc(N2CCNCC2)c2ccccc12)C1CCNCC1. The molecule has 4 aromatic carbocycles. The second kappa shape index (κ2) is 20.7. The van der Waals surface area contributed by atoms with Gasteiger partial charge in [-0.1, -0.05) is 48.5 Å².